The van der Waals surface area contributed by atoms with Gasteiger partial charge in [-0.2, -0.15) is 13.2 Å². The molecule has 0 saturated heterocycles. The number of carbonyl (C=O) groups is 1. The number of halogens is 3. The SMILES string of the molecule is CC(C)CCNCc1ccc2c(c1)OCCC2NC(=O)CC(NS(=O)(=O)c1cccc(C(F)(F)F)c1)c1ccccc1. The van der Waals surface area contributed by atoms with Gasteiger partial charge in [0.1, 0.15) is 5.75 Å². The molecule has 42 heavy (non-hydrogen) atoms. The lowest BCUT2D eigenvalue weighted by Crippen LogP contribution is -2.36. The molecule has 3 N–H and O–H groups in total. The molecule has 3 aromatic carbocycles. The standard InChI is InChI=1S/C31H36F3N3O4S/c1-21(2)13-15-35-20-22-11-12-26-27(14-16-41-29(26)17-22)36-30(38)19-28(23-7-4-3-5-8-23)37-42(39,40)25-10-6-9-24(18-25)31(32,33)34/h3-12,17-18,21,27-28,35,37H,13-16,19-20H2,1-2H3,(H,36,38). The van der Waals surface area contributed by atoms with Crippen LogP contribution < -0.4 is 20.1 Å². The predicted molar refractivity (Wildman–Crippen MR) is 154 cm³/mol. The summed E-state index contributed by atoms with van der Waals surface area (Å²) >= 11 is 0. The molecule has 7 nitrogen and oxygen atoms in total. The van der Waals surface area contributed by atoms with Gasteiger partial charge in [-0.05, 0) is 54.3 Å². The lowest BCUT2D eigenvalue weighted by Gasteiger charge is -2.28. The number of alkyl halides is 3. The van der Waals surface area contributed by atoms with Crippen molar-refractivity contribution in [3.63, 3.8) is 0 Å². The number of fused-ring (bicyclic) bond motifs is 1. The highest BCUT2D eigenvalue weighted by molar-refractivity contribution is 7.89. The monoisotopic (exact) mass is 603 g/mol. The van der Waals surface area contributed by atoms with Gasteiger partial charge in [0.05, 0.1) is 29.1 Å². The summed E-state index contributed by atoms with van der Waals surface area (Å²) in [7, 11) is -4.39. The van der Waals surface area contributed by atoms with Gasteiger partial charge in [-0.15, -0.1) is 0 Å². The molecule has 0 aliphatic carbocycles. The van der Waals surface area contributed by atoms with E-state index in [2.05, 4.69) is 29.2 Å². The third-order valence-electron chi connectivity index (χ3n) is 7.04. The minimum absolute atomic E-state index is 0.257. The molecule has 0 aromatic heterocycles. The number of carbonyl (C=O) groups excluding carboxylic acids is 1. The first-order valence-corrected chi connectivity index (χ1v) is 15.4. The summed E-state index contributed by atoms with van der Waals surface area (Å²) in [6.45, 7) is 6.37. The number of amides is 1. The van der Waals surface area contributed by atoms with Crippen LogP contribution in [-0.2, 0) is 27.5 Å². The first-order chi connectivity index (χ1) is 19.9. The number of hydrogen-bond donors (Lipinski definition) is 3. The molecule has 0 fully saturated rings. The van der Waals surface area contributed by atoms with Crippen LogP contribution in [0.5, 0.6) is 5.75 Å². The maximum atomic E-state index is 13.3. The fourth-order valence-corrected chi connectivity index (χ4v) is 6.03. The summed E-state index contributed by atoms with van der Waals surface area (Å²) in [6.07, 6.45) is -3.34. The summed E-state index contributed by atoms with van der Waals surface area (Å²) in [5.74, 6) is 0.901. The maximum absolute atomic E-state index is 13.3. The molecule has 226 valence electrons. The fourth-order valence-electron chi connectivity index (χ4n) is 4.76. The molecule has 1 aliphatic rings. The third-order valence-corrected chi connectivity index (χ3v) is 8.51. The maximum Gasteiger partial charge on any atom is 0.416 e. The Balaban J connectivity index is 1.47. The van der Waals surface area contributed by atoms with Gasteiger partial charge in [0.2, 0.25) is 15.9 Å². The van der Waals surface area contributed by atoms with E-state index in [0.717, 1.165) is 42.3 Å². The fraction of sp³-hybridized carbons (Fsp3) is 0.387. The predicted octanol–water partition coefficient (Wildman–Crippen LogP) is 5.89. The average molecular weight is 604 g/mol. The zero-order valence-corrected chi connectivity index (χ0v) is 24.4. The highest BCUT2D eigenvalue weighted by Gasteiger charge is 2.33. The van der Waals surface area contributed by atoms with E-state index in [4.69, 9.17) is 4.74 Å². The van der Waals surface area contributed by atoms with Crippen LogP contribution in [0.4, 0.5) is 13.2 Å². The third kappa shape index (κ3) is 8.56. The smallest absolute Gasteiger partial charge is 0.416 e. The van der Waals surface area contributed by atoms with Crippen LogP contribution in [0.15, 0.2) is 77.7 Å². The van der Waals surface area contributed by atoms with Crippen LogP contribution in [0, 0.1) is 5.92 Å². The van der Waals surface area contributed by atoms with E-state index < -0.39 is 38.6 Å². The number of nitrogens with one attached hydrogen (secondary N) is 3. The number of sulfonamides is 1. The summed E-state index contributed by atoms with van der Waals surface area (Å²) in [5.41, 5.74) is 1.33. The molecule has 2 atom stereocenters. The first kappa shape index (κ1) is 31.5. The van der Waals surface area contributed by atoms with Gasteiger partial charge in [0.25, 0.3) is 0 Å². The van der Waals surface area contributed by atoms with Crippen molar-refractivity contribution >= 4 is 15.9 Å². The largest absolute Gasteiger partial charge is 0.493 e. The van der Waals surface area contributed by atoms with E-state index in [9.17, 15) is 26.4 Å². The molecule has 4 rings (SSSR count). The van der Waals surface area contributed by atoms with Gasteiger partial charge in [0.15, 0.2) is 0 Å². The topological polar surface area (TPSA) is 96.5 Å². The van der Waals surface area contributed by atoms with E-state index in [1.54, 1.807) is 30.3 Å². The molecule has 0 spiro atoms. The molecule has 11 heteroatoms. The molecular weight excluding hydrogens is 567 g/mol. The van der Waals surface area contributed by atoms with Gasteiger partial charge in [-0.3, -0.25) is 4.79 Å². The number of ether oxygens (including phenoxy) is 1. The van der Waals surface area contributed by atoms with E-state index >= 15 is 0 Å². The highest BCUT2D eigenvalue weighted by Crippen LogP contribution is 2.34. The van der Waals surface area contributed by atoms with E-state index in [1.807, 2.05) is 18.2 Å². The molecule has 0 bridgehead atoms. The van der Waals surface area contributed by atoms with Crippen molar-refractivity contribution in [3.05, 3.63) is 95.1 Å². The summed E-state index contributed by atoms with van der Waals surface area (Å²) in [5, 5.41) is 6.42. The number of rotatable bonds is 12. The Hall–Kier alpha value is -3.41. The van der Waals surface area contributed by atoms with Crippen LogP contribution >= 0.6 is 0 Å². The zero-order chi connectivity index (χ0) is 30.3. The van der Waals surface area contributed by atoms with Crippen molar-refractivity contribution in [2.45, 2.75) is 62.8 Å². The normalized spacial score (nSPS) is 16.0. The minimum Gasteiger partial charge on any atom is -0.493 e. The number of benzene rings is 3. The lowest BCUT2D eigenvalue weighted by molar-refractivity contribution is -0.137. The van der Waals surface area contributed by atoms with Crippen molar-refractivity contribution in [1.82, 2.24) is 15.4 Å². The van der Waals surface area contributed by atoms with Gasteiger partial charge >= 0.3 is 6.18 Å². The van der Waals surface area contributed by atoms with Gasteiger partial charge in [-0.25, -0.2) is 13.1 Å². The van der Waals surface area contributed by atoms with Crippen molar-refractivity contribution in [2.24, 2.45) is 5.92 Å². The Morgan fingerprint density at radius 3 is 2.50 bits per heavy atom. The van der Waals surface area contributed by atoms with E-state index in [1.165, 1.54) is 0 Å². The second kappa shape index (κ2) is 13.7. The van der Waals surface area contributed by atoms with E-state index in [0.29, 0.717) is 42.9 Å². The average Bonchev–Trinajstić information content (AvgIpc) is 2.95. The molecule has 0 saturated carbocycles. The number of hydrogen-bond acceptors (Lipinski definition) is 5. The second-order valence-corrected chi connectivity index (χ2v) is 12.5. The molecule has 1 heterocycles. The van der Waals surface area contributed by atoms with Crippen molar-refractivity contribution in [2.75, 3.05) is 13.2 Å². The molecular formula is C31H36F3N3O4S. The van der Waals surface area contributed by atoms with Crippen LogP contribution in [0.3, 0.4) is 0 Å². The van der Waals surface area contributed by atoms with Crippen molar-refractivity contribution < 1.29 is 31.1 Å². The van der Waals surface area contributed by atoms with Crippen LogP contribution in [0.25, 0.3) is 0 Å². The Morgan fingerprint density at radius 2 is 1.79 bits per heavy atom. The Morgan fingerprint density at radius 1 is 1.02 bits per heavy atom. The molecule has 0 radical (unpaired) electrons. The van der Waals surface area contributed by atoms with Gasteiger partial charge in [0, 0.05) is 24.9 Å². The molecule has 1 amide bonds. The zero-order valence-electron chi connectivity index (χ0n) is 23.6. The summed E-state index contributed by atoms with van der Waals surface area (Å²) < 4.78 is 74.3. The Labute approximate surface area is 244 Å². The quantitative estimate of drug-likeness (QED) is 0.225. The molecule has 3 aromatic rings. The molecule has 1 aliphatic heterocycles. The Kier molecular flexibility index (Phi) is 10.3. The van der Waals surface area contributed by atoms with E-state index in [-0.39, 0.29) is 12.5 Å². The highest BCUT2D eigenvalue weighted by atomic mass is 32.2. The van der Waals surface area contributed by atoms with Crippen LogP contribution in [0.2, 0.25) is 0 Å². The second-order valence-electron chi connectivity index (χ2n) is 10.8. The van der Waals surface area contributed by atoms with Crippen LogP contribution in [-0.4, -0.2) is 27.5 Å². The van der Waals surface area contributed by atoms with Gasteiger partial charge < -0.3 is 15.4 Å². The first-order valence-electron chi connectivity index (χ1n) is 13.9. The van der Waals surface area contributed by atoms with Crippen molar-refractivity contribution in [3.8, 4) is 5.75 Å². The van der Waals surface area contributed by atoms with Crippen LogP contribution in [0.1, 0.15) is 67.4 Å². The minimum atomic E-state index is -4.70. The van der Waals surface area contributed by atoms with Gasteiger partial charge in [-0.1, -0.05) is 62.4 Å². The van der Waals surface area contributed by atoms with Crippen molar-refractivity contribution in [1.29, 1.82) is 0 Å². The summed E-state index contributed by atoms with van der Waals surface area (Å²) in [4.78, 5) is 12.7. The Bertz CT molecular complexity index is 1460. The lowest BCUT2D eigenvalue weighted by atomic mass is 9.98. The molecule has 2 unspecified atom stereocenters. The summed E-state index contributed by atoms with van der Waals surface area (Å²) in [6, 6.07) is 16.5.